The molecule has 0 radical (unpaired) electrons. The SMILES string of the molecule is O=C(c1cc(=O)[nH]c2ccccc12)N1CCC[C@@H](c2nc3ccccc3s2)C1. The number of fused-ring (bicyclic) bond motifs is 2. The zero-order chi connectivity index (χ0) is 19.1. The van der Waals surface area contributed by atoms with Gasteiger partial charge >= 0.3 is 0 Å². The van der Waals surface area contributed by atoms with Crippen LogP contribution < -0.4 is 5.56 Å². The summed E-state index contributed by atoms with van der Waals surface area (Å²) in [5.74, 6) is 0.163. The van der Waals surface area contributed by atoms with Crippen molar-refractivity contribution in [2.45, 2.75) is 18.8 Å². The molecular weight excluding hydrogens is 370 g/mol. The van der Waals surface area contributed by atoms with Crippen LogP contribution in [0.5, 0.6) is 0 Å². The number of hydrogen-bond acceptors (Lipinski definition) is 4. The second kappa shape index (κ2) is 6.87. The molecule has 2 aromatic carbocycles. The van der Waals surface area contributed by atoms with E-state index in [9.17, 15) is 9.59 Å². The van der Waals surface area contributed by atoms with Crippen molar-refractivity contribution < 1.29 is 4.79 Å². The van der Waals surface area contributed by atoms with Crippen molar-refractivity contribution in [1.82, 2.24) is 14.9 Å². The fourth-order valence-electron chi connectivity index (χ4n) is 3.98. The average molecular weight is 389 g/mol. The van der Waals surface area contributed by atoms with Crippen LogP contribution in [0.3, 0.4) is 0 Å². The molecule has 1 fully saturated rings. The molecule has 140 valence electrons. The van der Waals surface area contributed by atoms with E-state index in [1.807, 2.05) is 47.4 Å². The molecule has 28 heavy (non-hydrogen) atoms. The highest BCUT2D eigenvalue weighted by Crippen LogP contribution is 2.33. The van der Waals surface area contributed by atoms with Gasteiger partial charge in [0.25, 0.3) is 5.91 Å². The van der Waals surface area contributed by atoms with E-state index >= 15 is 0 Å². The number of aromatic nitrogens is 2. The Labute approximate surface area is 165 Å². The molecule has 1 saturated heterocycles. The van der Waals surface area contributed by atoms with Gasteiger partial charge in [-0.3, -0.25) is 9.59 Å². The summed E-state index contributed by atoms with van der Waals surface area (Å²) in [5, 5.41) is 1.88. The minimum atomic E-state index is -0.248. The number of nitrogens with one attached hydrogen (secondary N) is 1. The maximum Gasteiger partial charge on any atom is 0.254 e. The Bertz CT molecular complexity index is 1210. The van der Waals surface area contributed by atoms with Crippen LogP contribution in [0.25, 0.3) is 21.1 Å². The van der Waals surface area contributed by atoms with Gasteiger partial charge in [-0.15, -0.1) is 11.3 Å². The van der Waals surface area contributed by atoms with E-state index in [1.54, 1.807) is 11.3 Å². The summed E-state index contributed by atoms with van der Waals surface area (Å²) in [4.78, 5) is 34.8. The number of piperidine rings is 1. The number of benzene rings is 2. The van der Waals surface area contributed by atoms with E-state index in [0.717, 1.165) is 28.8 Å². The zero-order valence-corrected chi connectivity index (χ0v) is 16.0. The fourth-order valence-corrected chi connectivity index (χ4v) is 5.07. The van der Waals surface area contributed by atoms with Crippen LogP contribution in [0.1, 0.15) is 34.1 Å². The number of carbonyl (C=O) groups is 1. The van der Waals surface area contributed by atoms with Crippen molar-refractivity contribution in [1.29, 1.82) is 0 Å². The average Bonchev–Trinajstić information content (AvgIpc) is 3.17. The molecule has 0 aliphatic carbocycles. The molecule has 6 heteroatoms. The van der Waals surface area contributed by atoms with Crippen molar-refractivity contribution in [2.24, 2.45) is 0 Å². The number of para-hydroxylation sites is 2. The molecule has 1 aliphatic rings. The third-order valence-electron chi connectivity index (χ3n) is 5.35. The molecule has 3 heterocycles. The largest absolute Gasteiger partial charge is 0.338 e. The predicted octanol–water partition coefficient (Wildman–Crippen LogP) is 4.16. The van der Waals surface area contributed by atoms with Gasteiger partial charge in [-0.25, -0.2) is 4.98 Å². The smallest absolute Gasteiger partial charge is 0.254 e. The summed E-state index contributed by atoms with van der Waals surface area (Å²) in [7, 11) is 0. The van der Waals surface area contributed by atoms with Crippen LogP contribution >= 0.6 is 11.3 Å². The molecule has 1 amide bonds. The molecule has 1 N–H and O–H groups in total. The monoisotopic (exact) mass is 389 g/mol. The summed E-state index contributed by atoms with van der Waals surface area (Å²) in [5.41, 5.74) is 1.94. The minimum Gasteiger partial charge on any atom is -0.338 e. The van der Waals surface area contributed by atoms with E-state index in [-0.39, 0.29) is 17.4 Å². The Kier molecular flexibility index (Phi) is 4.20. The number of hydrogen-bond donors (Lipinski definition) is 1. The fraction of sp³-hybridized carbons (Fsp3) is 0.227. The van der Waals surface area contributed by atoms with Crippen LogP contribution in [0, 0.1) is 0 Å². The first-order valence-corrected chi connectivity index (χ1v) is 10.3. The minimum absolute atomic E-state index is 0.0758. The number of thiazole rings is 1. The number of pyridine rings is 1. The van der Waals surface area contributed by atoms with Gasteiger partial charge in [-0.1, -0.05) is 30.3 Å². The third kappa shape index (κ3) is 2.99. The first-order valence-electron chi connectivity index (χ1n) is 9.46. The normalized spacial score (nSPS) is 17.3. The van der Waals surface area contributed by atoms with Gasteiger partial charge in [-0.05, 0) is 31.0 Å². The molecular formula is C22H19N3O2S. The van der Waals surface area contributed by atoms with Gasteiger partial charge in [0.2, 0.25) is 5.56 Å². The number of likely N-dealkylation sites (tertiary alicyclic amines) is 1. The molecule has 5 rings (SSSR count). The molecule has 4 aromatic rings. The molecule has 0 bridgehead atoms. The lowest BCUT2D eigenvalue weighted by Crippen LogP contribution is -2.39. The lowest BCUT2D eigenvalue weighted by molar-refractivity contribution is 0.0709. The van der Waals surface area contributed by atoms with Gasteiger partial charge in [0.05, 0.1) is 20.8 Å². The highest BCUT2D eigenvalue weighted by molar-refractivity contribution is 7.18. The van der Waals surface area contributed by atoms with E-state index in [0.29, 0.717) is 24.2 Å². The highest BCUT2D eigenvalue weighted by atomic mass is 32.1. The van der Waals surface area contributed by atoms with Gasteiger partial charge in [0, 0.05) is 36.0 Å². The van der Waals surface area contributed by atoms with E-state index in [2.05, 4.69) is 11.1 Å². The summed E-state index contributed by atoms with van der Waals surface area (Å²) in [6, 6.07) is 17.0. The number of aromatic amines is 1. The first kappa shape index (κ1) is 17.1. The Morgan fingerprint density at radius 2 is 1.96 bits per heavy atom. The summed E-state index contributed by atoms with van der Waals surface area (Å²) < 4.78 is 1.18. The standard InChI is InChI=1S/C22H19N3O2S/c26-20-12-16(15-7-1-2-8-17(15)23-20)22(27)25-11-5-6-14(13-25)21-24-18-9-3-4-10-19(18)28-21/h1-4,7-10,12,14H,5-6,11,13H2,(H,23,26)/t14-/m1/s1. The van der Waals surface area contributed by atoms with E-state index in [4.69, 9.17) is 4.98 Å². The number of amides is 1. The number of rotatable bonds is 2. The topological polar surface area (TPSA) is 66.1 Å². The summed E-state index contributed by atoms with van der Waals surface area (Å²) in [6.07, 6.45) is 1.97. The van der Waals surface area contributed by atoms with Gasteiger partial charge in [-0.2, -0.15) is 0 Å². The lowest BCUT2D eigenvalue weighted by Gasteiger charge is -2.32. The number of nitrogens with zero attached hydrogens (tertiary/aromatic N) is 2. The quantitative estimate of drug-likeness (QED) is 0.560. The van der Waals surface area contributed by atoms with E-state index in [1.165, 1.54) is 10.8 Å². The molecule has 0 unspecified atom stereocenters. The lowest BCUT2D eigenvalue weighted by atomic mass is 9.97. The van der Waals surface area contributed by atoms with Crippen LogP contribution in [-0.2, 0) is 0 Å². The maximum absolute atomic E-state index is 13.3. The van der Waals surface area contributed by atoms with Crippen molar-refractivity contribution >= 4 is 38.4 Å². The Morgan fingerprint density at radius 3 is 2.86 bits per heavy atom. The van der Waals surface area contributed by atoms with Crippen LogP contribution in [0.15, 0.2) is 59.4 Å². The number of carbonyl (C=O) groups excluding carboxylic acids is 1. The summed E-state index contributed by atoms with van der Waals surface area (Å²) in [6.45, 7) is 1.35. The zero-order valence-electron chi connectivity index (χ0n) is 15.2. The second-order valence-electron chi connectivity index (χ2n) is 7.20. The van der Waals surface area contributed by atoms with Crippen molar-refractivity contribution in [3.63, 3.8) is 0 Å². The Hall–Kier alpha value is -2.99. The van der Waals surface area contributed by atoms with Crippen LogP contribution in [0.4, 0.5) is 0 Å². The highest BCUT2D eigenvalue weighted by Gasteiger charge is 2.28. The van der Waals surface area contributed by atoms with Crippen molar-refractivity contribution in [3.8, 4) is 0 Å². The third-order valence-corrected chi connectivity index (χ3v) is 6.55. The molecule has 0 spiro atoms. The Balaban J connectivity index is 1.47. The first-order chi connectivity index (χ1) is 13.7. The van der Waals surface area contributed by atoms with Crippen molar-refractivity contribution in [3.05, 3.63) is 75.5 Å². The van der Waals surface area contributed by atoms with Gasteiger partial charge in [0.1, 0.15) is 0 Å². The molecule has 5 nitrogen and oxygen atoms in total. The molecule has 1 aliphatic heterocycles. The molecule has 0 saturated carbocycles. The second-order valence-corrected chi connectivity index (χ2v) is 8.27. The van der Waals surface area contributed by atoms with Gasteiger partial charge in [0.15, 0.2) is 0 Å². The van der Waals surface area contributed by atoms with Gasteiger partial charge < -0.3 is 9.88 Å². The maximum atomic E-state index is 13.3. The molecule has 1 atom stereocenters. The van der Waals surface area contributed by atoms with E-state index < -0.39 is 0 Å². The summed E-state index contributed by atoms with van der Waals surface area (Å²) >= 11 is 1.71. The van der Waals surface area contributed by atoms with Crippen LogP contribution in [0.2, 0.25) is 0 Å². The predicted molar refractivity (Wildman–Crippen MR) is 112 cm³/mol. The number of H-pyrrole nitrogens is 1. The van der Waals surface area contributed by atoms with Crippen LogP contribution in [-0.4, -0.2) is 33.9 Å². The molecule has 2 aromatic heterocycles. The Morgan fingerprint density at radius 1 is 1.14 bits per heavy atom. The van der Waals surface area contributed by atoms with Crippen molar-refractivity contribution in [2.75, 3.05) is 13.1 Å².